The van der Waals surface area contributed by atoms with E-state index >= 15 is 0 Å². The number of rotatable bonds is 6. The lowest BCUT2D eigenvalue weighted by atomic mass is 9.92. The van der Waals surface area contributed by atoms with Crippen molar-refractivity contribution in [3.63, 3.8) is 0 Å². The summed E-state index contributed by atoms with van der Waals surface area (Å²) in [4.78, 5) is 12.2. The average molecular weight is 341 g/mol. The molecular weight excluding hydrogens is 316 g/mol. The molecule has 3 nitrogen and oxygen atoms in total. The van der Waals surface area contributed by atoms with Crippen molar-refractivity contribution in [1.82, 2.24) is 10.6 Å². The molecule has 2 fully saturated rings. The largest absolute Gasteiger partial charge is 0.355 e. The summed E-state index contributed by atoms with van der Waals surface area (Å²) in [5.41, 5.74) is 1.71. The predicted molar refractivity (Wildman–Crippen MR) is 95.5 cm³/mol. The maximum Gasteiger partial charge on any atom is 0.223 e. The monoisotopic (exact) mass is 340 g/mol. The van der Waals surface area contributed by atoms with Crippen LogP contribution in [0.3, 0.4) is 0 Å². The van der Waals surface area contributed by atoms with Crippen LogP contribution in [0.1, 0.15) is 24.8 Å². The van der Waals surface area contributed by atoms with Crippen LogP contribution in [0.5, 0.6) is 0 Å². The summed E-state index contributed by atoms with van der Waals surface area (Å²) in [5, 5.41) is 6.50. The van der Waals surface area contributed by atoms with Crippen LogP contribution in [0.2, 0.25) is 0 Å². The van der Waals surface area contributed by atoms with E-state index in [0.29, 0.717) is 11.3 Å². The predicted octanol–water partition coefficient (Wildman–Crippen LogP) is 2.85. The molecule has 0 bridgehead atoms. The second kappa shape index (κ2) is 8.23. The molecule has 1 unspecified atom stereocenters. The van der Waals surface area contributed by atoms with Crippen LogP contribution in [0, 0.1) is 11.3 Å². The summed E-state index contributed by atoms with van der Waals surface area (Å²) in [6.45, 7) is 2.95. The highest BCUT2D eigenvalue weighted by Crippen LogP contribution is 2.58. The van der Waals surface area contributed by atoms with E-state index in [-0.39, 0.29) is 18.3 Å². The average Bonchev–Trinajstić information content (AvgIpc) is 3.22. The fourth-order valence-corrected chi connectivity index (χ4v) is 4.15. The molecule has 1 aromatic carbocycles. The maximum atomic E-state index is 12.2. The van der Waals surface area contributed by atoms with E-state index in [1.165, 1.54) is 18.4 Å². The van der Waals surface area contributed by atoms with Crippen LogP contribution >= 0.6 is 24.2 Å². The van der Waals surface area contributed by atoms with Crippen LogP contribution in [-0.2, 0) is 10.5 Å². The highest BCUT2D eigenvalue weighted by molar-refractivity contribution is 7.98. The molecular formula is C17H25ClN2OS. The Kier molecular flexibility index (Phi) is 6.60. The number of nitrogens with one attached hydrogen (secondary N) is 2. The highest BCUT2D eigenvalue weighted by Gasteiger charge is 2.57. The van der Waals surface area contributed by atoms with Gasteiger partial charge in [-0.2, -0.15) is 11.8 Å². The number of carbonyl (C=O) groups excluding carboxylic acids is 1. The number of halogens is 1. The lowest BCUT2D eigenvalue weighted by molar-refractivity contribution is -0.123. The molecule has 1 atom stereocenters. The third kappa shape index (κ3) is 4.40. The number of carbonyl (C=O) groups is 1. The van der Waals surface area contributed by atoms with Gasteiger partial charge in [-0.3, -0.25) is 4.79 Å². The number of benzene rings is 1. The third-order valence-electron chi connectivity index (χ3n) is 4.76. The third-order valence-corrected chi connectivity index (χ3v) is 5.79. The SMILES string of the molecule is Cl.O=C(NCCSCc1ccccc1)C1CC12CCNCC2. The molecule has 1 aliphatic heterocycles. The number of amides is 1. The van der Waals surface area contributed by atoms with E-state index in [2.05, 4.69) is 34.9 Å². The first-order valence-electron chi connectivity index (χ1n) is 7.90. The molecule has 1 aliphatic carbocycles. The molecule has 0 radical (unpaired) electrons. The quantitative estimate of drug-likeness (QED) is 0.782. The van der Waals surface area contributed by atoms with Gasteiger partial charge in [-0.15, -0.1) is 12.4 Å². The summed E-state index contributed by atoms with van der Waals surface area (Å²) >= 11 is 1.88. The van der Waals surface area contributed by atoms with Crippen LogP contribution in [0.15, 0.2) is 30.3 Å². The Hall–Kier alpha value is -0.710. The van der Waals surface area contributed by atoms with Crippen LogP contribution in [-0.4, -0.2) is 31.3 Å². The first kappa shape index (κ1) is 17.6. The van der Waals surface area contributed by atoms with E-state index in [9.17, 15) is 4.79 Å². The lowest BCUT2D eigenvalue weighted by Gasteiger charge is -2.23. The van der Waals surface area contributed by atoms with E-state index < -0.39 is 0 Å². The first-order valence-corrected chi connectivity index (χ1v) is 9.06. The second-order valence-corrected chi connectivity index (χ2v) is 7.30. The topological polar surface area (TPSA) is 41.1 Å². The molecule has 122 valence electrons. The molecule has 22 heavy (non-hydrogen) atoms. The van der Waals surface area contributed by atoms with E-state index in [4.69, 9.17) is 0 Å². The van der Waals surface area contributed by atoms with Gasteiger partial charge in [-0.1, -0.05) is 30.3 Å². The van der Waals surface area contributed by atoms with Crippen molar-refractivity contribution in [2.75, 3.05) is 25.4 Å². The molecule has 1 spiro atoms. The van der Waals surface area contributed by atoms with Crippen molar-refractivity contribution >= 4 is 30.1 Å². The summed E-state index contributed by atoms with van der Waals surface area (Å²) < 4.78 is 0. The standard InChI is InChI=1S/C17H24N2OS.ClH/c20-16(15-12-17(15)6-8-18-9-7-17)19-10-11-21-13-14-4-2-1-3-5-14;/h1-5,15,18H,6-13H2,(H,19,20);1H. The van der Waals surface area contributed by atoms with Crippen LogP contribution in [0.4, 0.5) is 0 Å². The molecule has 2 N–H and O–H groups in total. The maximum absolute atomic E-state index is 12.2. The zero-order valence-electron chi connectivity index (χ0n) is 12.8. The van der Waals surface area contributed by atoms with Crippen molar-refractivity contribution in [2.24, 2.45) is 11.3 Å². The molecule has 1 aromatic rings. The fourth-order valence-electron chi connectivity index (χ4n) is 3.33. The van der Waals surface area contributed by atoms with Gasteiger partial charge in [0, 0.05) is 24.0 Å². The van der Waals surface area contributed by atoms with Crippen molar-refractivity contribution in [3.8, 4) is 0 Å². The fraction of sp³-hybridized carbons (Fsp3) is 0.588. The van der Waals surface area contributed by atoms with Gasteiger partial charge in [0.2, 0.25) is 5.91 Å². The normalized spacial score (nSPS) is 21.9. The summed E-state index contributed by atoms with van der Waals surface area (Å²) in [6, 6.07) is 10.5. The molecule has 5 heteroatoms. The molecule has 1 amide bonds. The van der Waals surface area contributed by atoms with Gasteiger partial charge in [-0.05, 0) is 43.3 Å². The van der Waals surface area contributed by atoms with E-state index in [0.717, 1.165) is 37.6 Å². The molecule has 0 aromatic heterocycles. The summed E-state index contributed by atoms with van der Waals surface area (Å²) in [7, 11) is 0. The molecule has 2 aliphatic rings. The van der Waals surface area contributed by atoms with Gasteiger partial charge in [-0.25, -0.2) is 0 Å². The van der Waals surface area contributed by atoms with Gasteiger partial charge in [0.25, 0.3) is 0 Å². The Bertz CT molecular complexity index is 477. The summed E-state index contributed by atoms with van der Waals surface area (Å²) in [6.07, 6.45) is 3.46. The van der Waals surface area contributed by atoms with Crippen molar-refractivity contribution in [2.45, 2.75) is 25.0 Å². The Labute approximate surface area is 143 Å². The second-order valence-electron chi connectivity index (χ2n) is 6.20. The highest BCUT2D eigenvalue weighted by atomic mass is 35.5. The first-order chi connectivity index (χ1) is 10.3. The number of hydrogen-bond acceptors (Lipinski definition) is 3. The molecule has 1 heterocycles. The van der Waals surface area contributed by atoms with Crippen LogP contribution in [0.25, 0.3) is 0 Å². The number of hydrogen-bond donors (Lipinski definition) is 2. The zero-order chi connectivity index (χ0) is 14.5. The minimum atomic E-state index is 0. The Morgan fingerprint density at radius 1 is 1.27 bits per heavy atom. The van der Waals surface area contributed by atoms with Crippen molar-refractivity contribution < 1.29 is 4.79 Å². The van der Waals surface area contributed by atoms with Gasteiger partial charge in [0.05, 0.1) is 0 Å². The van der Waals surface area contributed by atoms with Crippen LogP contribution < -0.4 is 10.6 Å². The van der Waals surface area contributed by atoms with E-state index in [1.54, 1.807) is 0 Å². The van der Waals surface area contributed by atoms with Crippen molar-refractivity contribution in [3.05, 3.63) is 35.9 Å². The number of piperidine rings is 1. The van der Waals surface area contributed by atoms with Gasteiger partial charge < -0.3 is 10.6 Å². The van der Waals surface area contributed by atoms with Crippen molar-refractivity contribution in [1.29, 1.82) is 0 Å². The zero-order valence-corrected chi connectivity index (χ0v) is 14.5. The minimum absolute atomic E-state index is 0. The smallest absolute Gasteiger partial charge is 0.223 e. The summed E-state index contributed by atoms with van der Waals surface area (Å²) in [5.74, 6) is 2.59. The van der Waals surface area contributed by atoms with Gasteiger partial charge >= 0.3 is 0 Å². The lowest BCUT2D eigenvalue weighted by Crippen LogP contribution is -2.34. The van der Waals surface area contributed by atoms with E-state index in [1.807, 2.05) is 17.8 Å². The molecule has 3 rings (SSSR count). The Balaban J connectivity index is 0.00000176. The molecule has 1 saturated heterocycles. The van der Waals surface area contributed by atoms with Gasteiger partial charge in [0.1, 0.15) is 0 Å². The minimum Gasteiger partial charge on any atom is -0.355 e. The molecule has 1 saturated carbocycles. The number of thioether (sulfide) groups is 1. The van der Waals surface area contributed by atoms with Gasteiger partial charge in [0.15, 0.2) is 0 Å². The Morgan fingerprint density at radius 3 is 2.73 bits per heavy atom. The Morgan fingerprint density at radius 2 is 2.00 bits per heavy atom.